The van der Waals surface area contributed by atoms with E-state index in [4.69, 9.17) is 5.11 Å². The number of alkyl halides is 2. The average Bonchev–Trinajstić information content (AvgIpc) is 2.21. The van der Waals surface area contributed by atoms with Crippen LogP contribution in [0.2, 0.25) is 0 Å². The van der Waals surface area contributed by atoms with E-state index in [9.17, 15) is 18.4 Å². The van der Waals surface area contributed by atoms with Gasteiger partial charge in [0.25, 0.3) is 0 Å². The fourth-order valence-electron chi connectivity index (χ4n) is 1.50. The number of rotatable bonds is 5. The number of hydrogen-bond donors (Lipinski definition) is 1. The Morgan fingerprint density at radius 2 is 2.18 bits per heavy atom. The van der Waals surface area contributed by atoms with Crippen LogP contribution in [0, 0.1) is 6.92 Å². The van der Waals surface area contributed by atoms with Crippen molar-refractivity contribution >= 4 is 12.3 Å². The first kappa shape index (κ1) is 13.1. The Balaban J connectivity index is 3.23. The molecular formula is C11H10F2O4. The van der Waals surface area contributed by atoms with Gasteiger partial charge in [0.15, 0.2) is 0 Å². The van der Waals surface area contributed by atoms with Gasteiger partial charge in [0.05, 0.1) is 6.42 Å². The molecule has 0 aliphatic rings. The summed E-state index contributed by atoms with van der Waals surface area (Å²) in [6, 6.07) is 2.59. The van der Waals surface area contributed by atoms with Crippen LogP contribution in [0.3, 0.4) is 0 Å². The van der Waals surface area contributed by atoms with Crippen LogP contribution in [-0.2, 0) is 11.2 Å². The normalized spacial score (nSPS) is 10.4. The molecule has 4 nitrogen and oxygen atoms in total. The molecule has 0 aliphatic heterocycles. The maximum atomic E-state index is 12.2. The van der Waals surface area contributed by atoms with Gasteiger partial charge in [-0.3, -0.25) is 9.59 Å². The minimum atomic E-state index is -3.04. The molecule has 0 bridgehead atoms. The lowest BCUT2D eigenvalue weighted by atomic mass is 10.0. The second-order valence-corrected chi connectivity index (χ2v) is 3.39. The fourth-order valence-corrected chi connectivity index (χ4v) is 1.50. The predicted octanol–water partition coefficient (Wildman–Crippen LogP) is 2.04. The van der Waals surface area contributed by atoms with Crippen LogP contribution < -0.4 is 4.74 Å². The van der Waals surface area contributed by atoms with Crippen molar-refractivity contribution in [2.24, 2.45) is 0 Å². The van der Waals surface area contributed by atoms with Gasteiger partial charge in [0, 0.05) is 11.1 Å². The summed E-state index contributed by atoms with van der Waals surface area (Å²) in [5.41, 5.74) is 0.575. The molecule has 0 aromatic heterocycles. The van der Waals surface area contributed by atoms with Crippen molar-refractivity contribution in [2.75, 3.05) is 0 Å². The first-order valence-electron chi connectivity index (χ1n) is 4.69. The molecule has 0 atom stereocenters. The van der Waals surface area contributed by atoms with Gasteiger partial charge < -0.3 is 9.84 Å². The SMILES string of the molecule is Cc1cc(C=O)cc(CC(=O)O)c1OC(F)F. The number of carboxylic acid groups (broad SMARTS) is 1. The van der Waals surface area contributed by atoms with Crippen LogP contribution in [0.4, 0.5) is 8.78 Å². The lowest BCUT2D eigenvalue weighted by Gasteiger charge is -2.13. The molecule has 0 heterocycles. The van der Waals surface area contributed by atoms with Crippen molar-refractivity contribution in [2.45, 2.75) is 20.0 Å². The van der Waals surface area contributed by atoms with Gasteiger partial charge in [-0.25, -0.2) is 0 Å². The molecule has 1 N–H and O–H groups in total. The third-order valence-corrected chi connectivity index (χ3v) is 2.06. The zero-order chi connectivity index (χ0) is 13.0. The fraction of sp³-hybridized carbons (Fsp3) is 0.273. The van der Waals surface area contributed by atoms with Crippen molar-refractivity contribution in [3.05, 3.63) is 28.8 Å². The molecule has 1 aromatic rings. The van der Waals surface area contributed by atoms with E-state index in [1.165, 1.54) is 19.1 Å². The van der Waals surface area contributed by atoms with E-state index in [1.807, 2.05) is 0 Å². The highest BCUT2D eigenvalue weighted by atomic mass is 19.3. The topological polar surface area (TPSA) is 63.6 Å². The molecule has 0 saturated heterocycles. The molecule has 0 unspecified atom stereocenters. The number of aliphatic carboxylic acids is 1. The Bertz CT molecular complexity index is 443. The maximum absolute atomic E-state index is 12.2. The Morgan fingerprint density at radius 1 is 1.53 bits per heavy atom. The van der Waals surface area contributed by atoms with Gasteiger partial charge in [-0.15, -0.1) is 0 Å². The van der Waals surface area contributed by atoms with Crippen molar-refractivity contribution in [3.8, 4) is 5.75 Å². The van der Waals surface area contributed by atoms with Crippen LogP contribution in [0.25, 0.3) is 0 Å². The molecule has 1 rings (SSSR count). The number of aldehydes is 1. The largest absolute Gasteiger partial charge is 0.481 e. The Kier molecular flexibility index (Phi) is 4.14. The standard InChI is InChI=1S/C11H10F2O4/c1-6-2-7(5-14)3-8(4-9(15)16)10(6)17-11(12)13/h2-3,5,11H,4H2,1H3,(H,15,16). The van der Waals surface area contributed by atoms with E-state index in [0.29, 0.717) is 11.8 Å². The predicted molar refractivity (Wildman–Crippen MR) is 54.5 cm³/mol. The molecule has 0 aliphatic carbocycles. The molecule has 0 radical (unpaired) electrons. The minimum Gasteiger partial charge on any atom is -0.481 e. The summed E-state index contributed by atoms with van der Waals surface area (Å²) in [7, 11) is 0. The lowest BCUT2D eigenvalue weighted by molar-refractivity contribution is -0.136. The number of halogens is 2. The molecule has 1 aromatic carbocycles. The highest BCUT2D eigenvalue weighted by Crippen LogP contribution is 2.27. The van der Waals surface area contributed by atoms with Crippen LogP contribution in [0.1, 0.15) is 21.5 Å². The quantitative estimate of drug-likeness (QED) is 0.805. The highest BCUT2D eigenvalue weighted by Gasteiger charge is 2.16. The van der Waals surface area contributed by atoms with E-state index in [1.54, 1.807) is 0 Å². The Hall–Kier alpha value is -1.98. The van der Waals surface area contributed by atoms with E-state index in [2.05, 4.69) is 4.74 Å². The molecule has 17 heavy (non-hydrogen) atoms. The van der Waals surface area contributed by atoms with Crippen LogP contribution in [0.5, 0.6) is 5.75 Å². The molecule has 0 saturated carbocycles. The first-order valence-corrected chi connectivity index (χ1v) is 4.69. The summed E-state index contributed by atoms with van der Waals surface area (Å²) in [4.78, 5) is 21.2. The summed E-state index contributed by atoms with van der Waals surface area (Å²) >= 11 is 0. The number of ether oxygens (including phenoxy) is 1. The van der Waals surface area contributed by atoms with E-state index in [0.717, 1.165) is 0 Å². The summed E-state index contributed by atoms with van der Waals surface area (Å²) in [5.74, 6) is -1.38. The number of hydrogen-bond acceptors (Lipinski definition) is 3. The van der Waals surface area contributed by atoms with Gasteiger partial charge in [0.2, 0.25) is 0 Å². The van der Waals surface area contributed by atoms with E-state index < -0.39 is 19.0 Å². The number of carbonyl (C=O) groups is 2. The summed E-state index contributed by atoms with van der Waals surface area (Å²) in [6.45, 7) is -1.57. The molecule has 0 amide bonds. The third-order valence-electron chi connectivity index (χ3n) is 2.06. The second kappa shape index (κ2) is 5.38. The zero-order valence-corrected chi connectivity index (χ0v) is 8.94. The Morgan fingerprint density at radius 3 is 2.65 bits per heavy atom. The van der Waals surface area contributed by atoms with Crippen molar-refractivity contribution in [3.63, 3.8) is 0 Å². The van der Waals surface area contributed by atoms with Crippen LogP contribution in [0.15, 0.2) is 12.1 Å². The van der Waals surface area contributed by atoms with Crippen molar-refractivity contribution in [1.29, 1.82) is 0 Å². The second-order valence-electron chi connectivity index (χ2n) is 3.39. The van der Waals surface area contributed by atoms with Crippen LogP contribution >= 0.6 is 0 Å². The molecule has 0 fully saturated rings. The van der Waals surface area contributed by atoms with Crippen LogP contribution in [-0.4, -0.2) is 24.0 Å². The summed E-state index contributed by atoms with van der Waals surface area (Å²) in [5, 5.41) is 8.65. The maximum Gasteiger partial charge on any atom is 0.387 e. The number of benzene rings is 1. The van der Waals surface area contributed by atoms with Gasteiger partial charge in [0.1, 0.15) is 12.0 Å². The molecule has 92 valence electrons. The van der Waals surface area contributed by atoms with Gasteiger partial charge in [-0.05, 0) is 24.6 Å². The average molecular weight is 244 g/mol. The Labute approximate surface area is 95.8 Å². The number of aryl methyl sites for hydroxylation is 1. The van der Waals surface area contributed by atoms with Crippen molar-refractivity contribution < 1.29 is 28.2 Å². The van der Waals surface area contributed by atoms with E-state index >= 15 is 0 Å². The number of carboxylic acids is 1. The zero-order valence-electron chi connectivity index (χ0n) is 8.94. The lowest BCUT2D eigenvalue weighted by Crippen LogP contribution is -2.09. The monoisotopic (exact) mass is 244 g/mol. The van der Waals surface area contributed by atoms with Gasteiger partial charge in [-0.2, -0.15) is 8.78 Å². The molecular weight excluding hydrogens is 234 g/mol. The molecule has 0 spiro atoms. The van der Waals surface area contributed by atoms with Gasteiger partial charge >= 0.3 is 12.6 Å². The first-order chi connectivity index (χ1) is 7.93. The third kappa shape index (κ3) is 3.51. The minimum absolute atomic E-state index is 0.0555. The summed E-state index contributed by atoms with van der Waals surface area (Å²) < 4.78 is 28.6. The number of carbonyl (C=O) groups excluding carboxylic acids is 1. The highest BCUT2D eigenvalue weighted by molar-refractivity contribution is 5.78. The molecule has 6 heteroatoms. The van der Waals surface area contributed by atoms with E-state index in [-0.39, 0.29) is 16.9 Å². The van der Waals surface area contributed by atoms with Gasteiger partial charge in [-0.1, -0.05) is 0 Å². The van der Waals surface area contributed by atoms with Crippen molar-refractivity contribution in [1.82, 2.24) is 0 Å². The smallest absolute Gasteiger partial charge is 0.387 e. The summed E-state index contributed by atoms with van der Waals surface area (Å²) in [6.07, 6.45) is 0.0368.